The number of likely N-dealkylation sites (tertiary alicyclic amines) is 2. The molecule has 1 unspecified atom stereocenters. The van der Waals surface area contributed by atoms with E-state index in [2.05, 4.69) is 34.1 Å². The standard InChI is InChI=1S/C29H35N5O/c1-32(2)29-30-20-25(22-12-5-3-6-13-22)27(31-29)26-16-11-19-34(26)28(35)24-15-8-7-14-23(24)21-33-17-9-4-10-18-33/h3,5-8,12-15,20,26H,4,9-11,16-19,21H2,1-2H3. The second kappa shape index (κ2) is 10.6. The summed E-state index contributed by atoms with van der Waals surface area (Å²) in [5, 5.41) is 0. The lowest BCUT2D eigenvalue weighted by Gasteiger charge is -2.29. The molecule has 0 N–H and O–H groups in total. The zero-order valence-electron chi connectivity index (χ0n) is 20.9. The number of piperidine rings is 1. The zero-order chi connectivity index (χ0) is 24.2. The van der Waals surface area contributed by atoms with E-state index < -0.39 is 0 Å². The number of carbonyl (C=O) groups excluding carboxylic acids is 1. The van der Waals surface area contributed by atoms with Crippen LogP contribution in [0.25, 0.3) is 11.1 Å². The predicted octanol–water partition coefficient (Wildman–Crippen LogP) is 5.17. The van der Waals surface area contributed by atoms with Crippen LogP contribution in [0.2, 0.25) is 0 Å². The maximum atomic E-state index is 14.0. The highest BCUT2D eigenvalue weighted by Gasteiger charge is 2.34. The number of hydrogen-bond acceptors (Lipinski definition) is 5. The molecule has 2 fully saturated rings. The van der Waals surface area contributed by atoms with Crippen molar-refractivity contribution in [1.29, 1.82) is 0 Å². The van der Waals surface area contributed by atoms with Gasteiger partial charge < -0.3 is 9.80 Å². The lowest BCUT2D eigenvalue weighted by atomic mass is 9.99. The summed E-state index contributed by atoms with van der Waals surface area (Å²) < 4.78 is 0. The molecule has 6 heteroatoms. The van der Waals surface area contributed by atoms with Gasteiger partial charge in [-0.05, 0) is 56.0 Å². The molecule has 1 aromatic heterocycles. The number of carbonyl (C=O) groups is 1. The third-order valence-corrected chi connectivity index (χ3v) is 7.21. The van der Waals surface area contributed by atoms with E-state index in [1.54, 1.807) is 0 Å². The van der Waals surface area contributed by atoms with Crippen molar-refractivity contribution in [1.82, 2.24) is 19.8 Å². The van der Waals surface area contributed by atoms with E-state index in [9.17, 15) is 4.79 Å². The van der Waals surface area contributed by atoms with E-state index in [0.717, 1.165) is 67.0 Å². The smallest absolute Gasteiger partial charge is 0.254 e. The molecule has 0 radical (unpaired) electrons. The fraction of sp³-hybridized carbons (Fsp3) is 0.414. The number of amides is 1. The van der Waals surface area contributed by atoms with E-state index in [1.165, 1.54) is 19.3 Å². The second-order valence-corrected chi connectivity index (χ2v) is 9.88. The minimum Gasteiger partial charge on any atom is -0.347 e. The lowest BCUT2D eigenvalue weighted by molar-refractivity contribution is 0.0730. The molecule has 1 atom stereocenters. The Labute approximate surface area is 208 Å². The first-order valence-corrected chi connectivity index (χ1v) is 12.8. The van der Waals surface area contributed by atoms with E-state index in [-0.39, 0.29) is 11.9 Å². The first-order chi connectivity index (χ1) is 17.1. The minimum absolute atomic E-state index is 0.0672. The predicted molar refractivity (Wildman–Crippen MR) is 140 cm³/mol. The summed E-state index contributed by atoms with van der Waals surface area (Å²) in [5.74, 6) is 0.786. The van der Waals surface area contributed by atoms with Crippen molar-refractivity contribution in [3.63, 3.8) is 0 Å². The van der Waals surface area contributed by atoms with E-state index in [0.29, 0.717) is 5.95 Å². The zero-order valence-corrected chi connectivity index (χ0v) is 20.9. The molecule has 3 aromatic rings. The highest BCUT2D eigenvalue weighted by Crippen LogP contribution is 2.38. The molecular weight excluding hydrogens is 434 g/mol. The fourth-order valence-corrected chi connectivity index (χ4v) is 5.37. The van der Waals surface area contributed by atoms with Crippen LogP contribution in [0.3, 0.4) is 0 Å². The van der Waals surface area contributed by atoms with Crippen LogP contribution in [0, 0.1) is 0 Å². The van der Waals surface area contributed by atoms with Crippen LogP contribution in [-0.4, -0.2) is 59.4 Å². The molecule has 182 valence electrons. The van der Waals surface area contributed by atoms with Gasteiger partial charge in [-0.1, -0.05) is 55.0 Å². The van der Waals surface area contributed by atoms with Gasteiger partial charge in [0.2, 0.25) is 5.95 Å². The normalized spacial score (nSPS) is 18.6. The summed E-state index contributed by atoms with van der Waals surface area (Å²) in [6, 6.07) is 18.4. The molecule has 0 saturated carbocycles. The number of rotatable bonds is 6. The summed E-state index contributed by atoms with van der Waals surface area (Å²) >= 11 is 0. The molecule has 2 aromatic carbocycles. The summed E-state index contributed by atoms with van der Waals surface area (Å²) in [6.45, 7) is 3.82. The van der Waals surface area contributed by atoms with Crippen molar-refractivity contribution in [2.75, 3.05) is 38.6 Å². The molecule has 0 aliphatic carbocycles. The third kappa shape index (κ3) is 5.08. The van der Waals surface area contributed by atoms with Gasteiger partial charge in [0.15, 0.2) is 0 Å². The molecule has 35 heavy (non-hydrogen) atoms. The van der Waals surface area contributed by atoms with Crippen LogP contribution in [-0.2, 0) is 6.54 Å². The monoisotopic (exact) mass is 469 g/mol. The Bertz CT molecular complexity index is 1160. The number of aromatic nitrogens is 2. The first-order valence-electron chi connectivity index (χ1n) is 12.8. The maximum Gasteiger partial charge on any atom is 0.254 e. The Kier molecular flexibility index (Phi) is 7.09. The van der Waals surface area contributed by atoms with Gasteiger partial charge in [0, 0.05) is 44.5 Å². The summed E-state index contributed by atoms with van der Waals surface area (Å²) in [6.07, 6.45) is 7.59. The fourth-order valence-electron chi connectivity index (χ4n) is 5.37. The van der Waals surface area contributed by atoms with Crippen LogP contribution in [0.1, 0.15) is 59.8 Å². The van der Waals surface area contributed by atoms with E-state index in [4.69, 9.17) is 4.98 Å². The molecule has 2 aliphatic heterocycles. The van der Waals surface area contributed by atoms with E-state index in [1.807, 2.05) is 60.4 Å². The van der Waals surface area contributed by atoms with E-state index >= 15 is 0 Å². The molecule has 5 rings (SSSR count). The van der Waals surface area contributed by atoms with Gasteiger partial charge in [-0.3, -0.25) is 9.69 Å². The van der Waals surface area contributed by atoms with Crippen LogP contribution in [0.5, 0.6) is 0 Å². The highest BCUT2D eigenvalue weighted by molar-refractivity contribution is 5.96. The Balaban J connectivity index is 1.49. The van der Waals surface area contributed by atoms with Crippen molar-refractivity contribution in [3.8, 4) is 11.1 Å². The van der Waals surface area contributed by atoms with Crippen molar-refractivity contribution in [2.24, 2.45) is 0 Å². The Morgan fingerprint density at radius 3 is 2.46 bits per heavy atom. The number of hydrogen-bond donors (Lipinski definition) is 0. The molecule has 1 amide bonds. The molecular formula is C29H35N5O. The largest absolute Gasteiger partial charge is 0.347 e. The topological polar surface area (TPSA) is 52.6 Å². The molecule has 2 aliphatic rings. The third-order valence-electron chi connectivity index (χ3n) is 7.21. The SMILES string of the molecule is CN(C)c1ncc(-c2ccccc2)c(C2CCCN2C(=O)c2ccccc2CN2CCCCC2)n1. The quantitative estimate of drug-likeness (QED) is 0.498. The van der Waals surface area contributed by atoms with Gasteiger partial charge in [0.05, 0.1) is 11.7 Å². The van der Waals surface area contributed by atoms with Crippen LogP contribution in [0.4, 0.5) is 5.95 Å². The summed E-state index contributed by atoms with van der Waals surface area (Å²) in [4.78, 5) is 30.1. The van der Waals surface area contributed by atoms with Crippen molar-refractivity contribution >= 4 is 11.9 Å². The van der Waals surface area contributed by atoms with Gasteiger partial charge in [0.1, 0.15) is 0 Å². The Hall–Kier alpha value is -3.25. The average Bonchev–Trinajstić information content (AvgIpc) is 3.39. The minimum atomic E-state index is -0.0672. The molecule has 3 heterocycles. The van der Waals surface area contributed by atoms with Crippen LogP contribution < -0.4 is 4.90 Å². The van der Waals surface area contributed by atoms with Crippen molar-refractivity contribution in [2.45, 2.75) is 44.7 Å². The number of anilines is 1. The van der Waals surface area contributed by atoms with Gasteiger partial charge in [0.25, 0.3) is 5.91 Å². The number of benzene rings is 2. The summed E-state index contributed by atoms with van der Waals surface area (Å²) in [5.41, 5.74) is 4.98. The van der Waals surface area contributed by atoms with Gasteiger partial charge in [-0.2, -0.15) is 0 Å². The van der Waals surface area contributed by atoms with Crippen LogP contribution >= 0.6 is 0 Å². The van der Waals surface area contributed by atoms with Crippen molar-refractivity contribution in [3.05, 3.63) is 77.6 Å². The van der Waals surface area contributed by atoms with Gasteiger partial charge >= 0.3 is 0 Å². The summed E-state index contributed by atoms with van der Waals surface area (Å²) in [7, 11) is 3.91. The first kappa shape index (κ1) is 23.5. The van der Waals surface area contributed by atoms with Gasteiger partial charge in [-0.15, -0.1) is 0 Å². The molecule has 0 bridgehead atoms. The van der Waals surface area contributed by atoms with Gasteiger partial charge in [-0.25, -0.2) is 9.97 Å². The molecule has 0 spiro atoms. The molecule has 6 nitrogen and oxygen atoms in total. The Morgan fingerprint density at radius 2 is 1.69 bits per heavy atom. The average molecular weight is 470 g/mol. The van der Waals surface area contributed by atoms with Crippen molar-refractivity contribution < 1.29 is 4.79 Å². The lowest BCUT2D eigenvalue weighted by Crippen LogP contribution is -2.34. The molecule has 2 saturated heterocycles. The maximum absolute atomic E-state index is 14.0. The second-order valence-electron chi connectivity index (χ2n) is 9.88. The van der Waals surface area contributed by atoms with Crippen LogP contribution in [0.15, 0.2) is 60.8 Å². The Morgan fingerprint density at radius 1 is 0.943 bits per heavy atom. The highest BCUT2D eigenvalue weighted by atomic mass is 16.2. The number of nitrogens with zero attached hydrogens (tertiary/aromatic N) is 5.